The second-order valence-electron chi connectivity index (χ2n) is 8.43. The number of carbonyl (C=O) groups is 2. The van der Waals surface area contributed by atoms with Crippen LogP contribution >= 0.6 is 0 Å². The fourth-order valence-electron chi connectivity index (χ4n) is 3.31. The van der Waals surface area contributed by atoms with Crippen molar-refractivity contribution < 1.29 is 14.3 Å². The maximum Gasteiger partial charge on any atom is 0.250 e. The molecule has 5 nitrogen and oxygen atoms in total. The molecule has 0 aromatic heterocycles. The maximum absolute atomic E-state index is 13.0. The van der Waals surface area contributed by atoms with Crippen LogP contribution in [0.1, 0.15) is 44.7 Å². The smallest absolute Gasteiger partial charge is 0.250 e. The Labute approximate surface area is 166 Å². The second-order valence-corrected chi connectivity index (χ2v) is 8.43. The molecule has 2 amide bonds. The van der Waals surface area contributed by atoms with Crippen LogP contribution in [0.5, 0.6) is 0 Å². The third-order valence-corrected chi connectivity index (χ3v) is 5.17. The molecule has 1 saturated carbocycles. The van der Waals surface area contributed by atoms with E-state index in [1.165, 1.54) is 12.7 Å². The first-order chi connectivity index (χ1) is 13.2. The van der Waals surface area contributed by atoms with E-state index in [1.54, 1.807) is 18.2 Å². The zero-order valence-electron chi connectivity index (χ0n) is 17.0. The van der Waals surface area contributed by atoms with Crippen molar-refractivity contribution in [3.8, 4) is 0 Å². The van der Waals surface area contributed by atoms with E-state index in [0.29, 0.717) is 11.4 Å². The molecule has 0 bridgehead atoms. The van der Waals surface area contributed by atoms with Crippen molar-refractivity contribution in [3.05, 3.63) is 59.7 Å². The Bertz CT molecular complexity index is 862. The Morgan fingerprint density at radius 1 is 1.00 bits per heavy atom. The Morgan fingerprint density at radius 3 is 2.14 bits per heavy atom. The first-order valence-corrected chi connectivity index (χ1v) is 9.56. The van der Waals surface area contributed by atoms with Crippen LogP contribution in [0, 0.1) is 0 Å². The predicted octanol–water partition coefficient (Wildman–Crippen LogP) is 4.24. The number of hydrogen-bond acceptors (Lipinski definition) is 3. The van der Waals surface area contributed by atoms with Crippen molar-refractivity contribution in [3.63, 3.8) is 0 Å². The van der Waals surface area contributed by atoms with Gasteiger partial charge in [-0.1, -0.05) is 51.1 Å². The Morgan fingerprint density at radius 2 is 1.61 bits per heavy atom. The maximum atomic E-state index is 13.0. The van der Waals surface area contributed by atoms with E-state index in [0.717, 1.165) is 18.4 Å². The lowest BCUT2D eigenvalue weighted by molar-refractivity contribution is -0.120. The van der Waals surface area contributed by atoms with Crippen LogP contribution in [0.15, 0.2) is 48.5 Å². The van der Waals surface area contributed by atoms with E-state index in [1.807, 2.05) is 6.07 Å². The summed E-state index contributed by atoms with van der Waals surface area (Å²) < 4.78 is 4.82. The van der Waals surface area contributed by atoms with Gasteiger partial charge in [-0.25, -0.2) is 0 Å². The molecule has 148 valence electrons. The lowest BCUT2D eigenvalue weighted by atomic mass is 9.85. The van der Waals surface area contributed by atoms with Crippen molar-refractivity contribution in [1.29, 1.82) is 0 Å². The van der Waals surface area contributed by atoms with Crippen LogP contribution in [-0.4, -0.2) is 25.5 Å². The van der Waals surface area contributed by atoms with Crippen LogP contribution in [0.2, 0.25) is 0 Å². The minimum Gasteiger partial charge on any atom is -0.375 e. The Balaban J connectivity index is 1.71. The van der Waals surface area contributed by atoms with Gasteiger partial charge in [-0.2, -0.15) is 0 Å². The highest BCUT2D eigenvalue weighted by atomic mass is 16.5. The molecule has 0 spiro atoms. The third-order valence-electron chi connectivity index (χ3n) is 5.17. The highest BCUT2D eigenvalue weighted by Gasteiger charge is 2.51. The molecule has 1 fully saturated rings. The van der Waals surface area contributed by atoms with Crippen molar-refractivity contribution in [2.75, 3.05) is 24.4 Å². The van der Waals surface area contributed by atoms with Crippen molar-refractivity contribution in [2.24, 2.45) is 0 Å². The van der Waals surface area contributed by atoms with E-state index in [2.05, 4.69) is 55.7 Å². The molecule has 0 unspecified atom stereocenters. The molecule has 1 aliphatic carbocycles. The van der Waals surface area contributed by atoms with Gasteiger partial charge in [-0.3, -0.25) is 9.59 Å². The molecule has 1 aliphatic rings. The van der Waals surface area contributed by atoms with Gasteiger partial charge in [-0.15, -0.1) is 0 Å². The number of nitrogens with one attached hydrogen (secondary N) is 2. The summed E-state index contributed by atoms with van der Waals surface area (Å²) in [5.41, 5.74) is 3.24. The molecular formula is C23H28N2O3. The standard InChI is InChI=1S/C23H28N2O3/c1-22(2,3)16-8-10-17(11-9-16)23(12-13-23)21(27)25-19-7-5-6-18(14-19)24-20(26)15-28-4/h5-11,14H,12-13,15H2,1-4H3,(H,24,26)(H,25,27). The number of benzene rings is 2. The van der Waals surface area contributed by atoms with Crippen LogP contribution < -0.4 is 10.6 Å². The largest absolute Gasteiger partial charge is 0.375 e. The van der Waals surface area contributed by atoms with Crippen LogP contribution in [0.25, 0.3) is 0 Å². The number of hydrogen-bond donors (Lipinski definition) is 2. The lowest BCUT2D eigenvalue weighted by Crippen LogP contribution is -2.28. The molecule has 0 saturated heterocycles. The molecule has 3 rings (SSSR count). The fraction of sp³-hybridized carbons (Fsp3) is 0.391. The number of rotatable bonds is 6. The Kier molecular flexibility index (Phi) is 5.57. The molecule has 0 atom stereocenters. The first kappa shape index (κ1) is 20.1. The zero-order chi connectivity index (χ0) is 20.4. The van der Waals surface area contributed by atoms with E-state index in [-0.39, 0.29) is 23.8 Å². The molecule has 0 heterocycles. The molecule has 2 aromatic carbocycles. The number of anilines is 2. The molecule has 0 radical (unpaired) electrons. The molecule has 2 aromatic rings. The van der Waals surface area contributed by atoms with Crippen LogP contribution in [-0.2, 0) is 25.2 Å². The molecule has 2 N–H and O–H groups in total. The SMILES string of the molecule is COCC(=O)Nc1cccc(NC(=O)C2(c3ccc(C(C)(C)C)cc3)CC2)c1. The second kappa shape index (κ2) is 7.76. The zero-order valence-corrected chi connectivity index (χ0v) is 17.0. The topological polar surface area (TPSA) is 67.4 Å². The van der Waals surface area contributed by atoms with E-state index in [4.69, 9.17) is 4.74 Å². The minimum atomic E-state index is -0.453. The van der Waals surface area contributed by atoms with Gasteiger partial charge in [0, 0.05) is 18.5 Å². The number of methoxy groups -OCH3 is 1. The van der Waals surface area contributed by atoms with Gasteiger partial charge in [0.1, 0.15) is 6.61 Å². The average molecular weight is 380 g/mol. The predicted molar refractivity (Wildman–Crippen MR) is 112 cm³/mol. The van der Waals surface area contributed by atoms with Gasteiger partial charge in [0.25, 0.3) is 0 Å². The monoisotopic (exact) mass is 380 g/mol. The third kappa shape index (κ3) is 4.42. The quantitative estimate of drug-likeness (QED) is 0.788. The summed E-state index contributed by atoms with van der Waals surface area (Å²) in [5.74, 6) is -0.236. The van der Waals surface area contributed by atoms with Gasteiger partial charge in [-0.05, 0) is 47.6 Å². The summed E-state index contributed by atoms with van der Waals surface area (Å²) in [5, 5.41) is 5.76. The van der Waals surface area contributed by atoms with E-state index < -0.39 is 5.41 Å². The highest BCUT2D eigenvalue weighted by molar-refractivity contribution is 6.02. The first-order valence-electron chi connectivity index (χ1n) is 9.56. The summed E-state index contributed by atoms with van der Waals surface area (Å²) in [6, 6.07) is 15.6. The molecule has 0 aliphatic heterocycles. The molecule has 28 heavy (non-hydrogen) atoms. The summed E-state index contributed by atoms with van der Waals surface area (Å²) in [6.45, 7) is 6.53. The molecule has 5 heteroatoms. The fourth-order valence-corrected chi connectivity index (χ4v) is 3.31. The van der Waals surface area contributed by atoms with E-state index in [9.17, 15) is 9.59 Å². The lowest BCUT2D eigenvalue weighted by Gasteiger charge is -2.21. The van der Waals surface area contributed by atoms with Crippen molar-refractivity contribution in [1.82, 2.24) is 0 Å². The van der Waals surface area contributed by atoms with Gasteiger partial charge >= 0.3 is 0 Å². The number of ether oxygens (including phenoxy) is 1. The summed E-state index contributed by atoms with van der Waals surface area (Å²) in [4.78, 5) is 24.7. The van der Waals surface area contributed by atoms with E-state index >= 15 is 0 Å². The van der Waals surface area contributed by atoms with Crippen LogP contribution in [0.4, 0.5) is 11.4 Å². The van der Waals surface area contributed by atoms with Crippen molar-refractivity contribution in [2.45, 2.75) is 44.4 Å². The normalized spacial score (nSPS) is 15.0. The summed E-state index contributed by atoms with van der Waals surface area (Å²) >= 11 is 0. The highest BCUT2D eigenvalue weighted by Crippen LogP contribution is 2.49. The number of amides is 2. The van der Waals surface area contributed by atoms with Gasteiger partial charge < -0.3 is 15.4 Å². The molecular weight excluding hydrogens is 352 g/mol. The van der Waals surface area contributed by atoms with Crippen molar-refractivity contribution >= 4 is 23.2 Å². The van der Waals surface area contributed by atoms with Gasteiger partial charge in [0.05, 0.1) is 5.41 Å². The Hall–Kier alpha value is -2.66. The van der Waals surface area contributed by atoms with Gasteiger partial charge in [0.2, 0.25) is 11.8 Å². The average Bonchev–Trinajstić information content (AvgIpc) is 3.43. The van der Waals surface area contributed by atoms with Crippen LogP contribution in [0.3, 0.4) is 0 Å². The summed E-state index contributed by atoms with van der Waals surface area (Å²) in [6.07, 6.45) is 1.69. The minimum absolute atomic E-state index is 0.00335. The van der Waals surface area contributed by atoms with Gasteiger partial charge in [0.15, 0.2) is 0 Å². The summed E-state index contributed by atoms with van der Waals surface area (Å²) in [7, 11) is 1.47. The number of carbonyl (C=O) groups excluding carboxylic acids is 2.